The number of aryl methyl sites for hydroxylation is 2. The van der Waals surface area contributed by atoms with Crippen LogP contribution in [0.15, 0.2) is 40.9 Å². The lowest BCUT2D eigenvalue weighted by molar-refractivity contribution is -0.127. The van der Waals surface area contributed by atoms with E-state index in [0.717, 1.165) is 5.56 Å². The molecule has 0 fully saturated rings. The van der Waals surface area contributed by atoms with Gasteiger partial charge in [-0.2, -0.15) is 4.98 Å². The molecule has 0 spiro atoms. The number of aromatic nitrogens is 2. The Kier molecular flexibility index (Phi) is 6.56. The van der Waals surface area contributed by atoms with E-state index in [1.807, 2.05) is 32.0 Å². The standard InChI is InChI=1S/C22H25N3O5/c1-13-6-7-17(10-14(13)2)29-15(3)22(26)23-12-20-24-21(25-30-20)18-9-8-16(27-4)11-19(18)28-5/h6-11,15H,12H2,1-5H3,(H,23,26)/t15-/m1/s1. The van der Waals surface area contributed by atoms with Crippen LogP contribution in [-0.2, 0) is 11.3 Å². The van der Waals surface area contributed by atoms with Crippen molar-refractivity contribution in [1.29, 1.82) is 0 Å². The van der Waals surface area contributed by atoms with Gasteiger partial charge in [0.2, 0.25) is 11.7 Å². The molecule has 0 unspecified atom stereocenters. The zero-order valence-corrected chi connectivity index (χ0v) is 17.7. The minimum Gasteiger partial charge on any atom is -0.497 e. The van der Waals surface area contributed by atoms with E-state index in [-0.39, 0.29) is 18.3 Å². The molecule has 3 aromatic rings. The third-order valence-corrected chi connectivity index (χ3v) is 4.69. The van der Waals surface area contributed by atoms with Crippen LogP contribution in [0, 0.1) is 13.8 Å². The number of ether oxygens (including phenoxy) is 3. The quantitative estimate of drug-likeness (QED) is 0.606. The number of amides is 1. The topological polar surface area (TPSA) is 95.7 Å². The van der Waals surface area contributed by atoms with Crippen molar-refractivity contribution in [1.82, 2.24) is 15.5 Å². The normalized spacial score (nSPS) is 11.6. The highest BCUT2D eigenvalue weighted by Gasteiger charge is 2.18. The van der Waals surface area contributed by atoms with Crippen LogP contribution in [0.2, 0.25) is 0 Å². The summed E-state index contributed by atoms with van der Waals surface area (Å²) in [6, 6.07) is 11.0. The molecule has 3 rings (SSSR count). The van der Waals surface area contributed by atoms with Crippen LogP contribution in [0.1, 0.15) is 23.9 Å². The van der Waals surface area contributed by atoms with E-state index in [0.29, 0.717) is 28.6 Å². The number of hydrogen-bond acceptors (Lipinski definition) is 7. The summed E-state index contributed by atoms with van der Waals surface area (Å²) in [6.45, 7) is 5.80. The van der Waals surface area contributed by atoms with E-state index >= 15 is 0 Å². The SMILES string of the molecule is COc1ccc(-c2noc(CNC(=O)[C@@H](C)Oc3ccc(C)c(C)c3)n2)c(OC)c1. The Bertz CT molecular complexity index is 1030. The third kappa shape index (κ3) is 4.89. The van der Waals surface area contributed by atoms with Crippen molar-refractivity contribution in [3.05, 3.63) is 53.4 Å². The first-order valence-electron chi connectivity index (χ1n) is 9.48. The fraction of sp³-hybridized carbons (Fsp3) is 0.318. The molecule has 0 saturated heterocycles. The van der Waals surface area contributed by atoms with Crippen molar-refractivity contribution in [3.63, 3.8) is 0 Å². The zero-order chi connectivity index (χ0) is 21.7. The highest BCUT2D eigenvalue weighted by atomic mass is 16.5. The van der Waals surface area contributed by atoms with E-state index < -0.39 is 6.10 Å². The van der Waals surface area contributed by atoms with Gasteiger partial charge in [-0.1, -0.05) is 11.2 Å². The summed E-state index contributed by atoms with van der Waals surface area (Å²) < 4.78 is 21.5. The molecular weight excluding hydrogens is 386 g/mol. The molecule has 1 amide bonds. The van der Waals surface area contributed by atoms with E-state index in [1.165, 1.54) is 5.56 Å². The molecule has 0 aliphatic heterocycles. The number of benzene rings is 2. The van der Waals surface area contributed by atoms with E-state index in [1.54, 1.807) is 39.3 Å². The Morgan fingerprint density at radius 2 is 1.83 bits per heavy atom. The number of nitrogens with one attached hydrogen (secondary N) is 1. The molecule has 30 heavy (non-hydrogen) atoms. The molecule has 0 saturated carbocycles. The maximum Gasteiger partial charge on any atom is 0.261 e. The van der Waals surface area contributed by atoms with E-state index in [2.05, 4.69) is 15.5 Å². The summed E-state index contributed by atoms with van der Waals surface area (Å²) >= 11 is 0. The van der Waals surface area contributed by atoms with Crippen molar-refractivity contribution in [2.75, 3.05) is 14.2 Å². The number of methoxy groups -OCH3 is 2. The largest absolute Gasteiger partial charge is 0.497 e. The molecular formula is C22H25N3O5. The summed E-state index contributed by atoms with van der Waals surface area (Å²) in [5.74, 6) is 2.21. The number of hydrogen-bond donors (Lipinski definition) is 1. The molecule has 0 aliphatic rings. The van der Waals surface area contributed by atoms with Gasteiger partial charge in [-0.3, -0.25) is 4.79 Å². The van der Waals surface area contributed by atoms with Gasteiger partial charge >= 0.3 is 0 Å². The number of nitrogens with zero attached hydrogens (tertiary/aromatic N) is 2. The van der Waals surface area contributed by atoms with E-state index in [9.17, 15) is 4.79 Å². The lowest BCUT2D eigenvalue weighted by atomic mass is 10.1. The summed E-state index contributed by atoms with van der Waals surface area (Å²) in [5.41, 5.74) is 2.93. The molecule has 0 bridgehead atoms. The van der Waals surface area contributed by atoms with Gasteiger partial charge in [-0.05, 0) is 56.2 Å². The molecule has 1 atom stereocenters. The molecule has 158 valence electrons. The lowest BCUT2D eigenvalue weighted by Gasteiger charge is -2.15. The molecule has 1 N–H and O–H groups in total. The summed E-state index contributed by atoms with van der Waals surface area (Å²) in [4.78, 5) is 16.7. The van der Waals surface area contributed by atoms with Gasteiger partial charge in [0.25, 0.3) is 5.91 Å². The van der Waals surface area contributed by atoms with Crippen LogP contribution >= 0.6 is 0 Å². The first-order chi connectivity index (χ1) is 14.4. The molecule has 8 heteroatoms. The van der Waals surface area contributed by atoms with Crippen molar-refractivity contribution < 1.29 is 23.5 Å². The maximum absolute atomic E-state index is 12.4. The van der Waals surface area contributed by atoms with Crippen molar-refractivity contribution in [2.45, 2.75) is 33.4 Å². The van der Waals surface area contributed by atoms with Crippen molar-refractivity contribution in [3.8, 4) is 28.6 Å². The van der Waals surface area contributed by atoms with Crippen LogP contribution in [0.5, 0.6) is 17.2 Å². The predicted octanol–water partition coefficient (Wildman–Crippen LogP) is 3.45. The second-order valence-corrected chi connectivity index (χ2v) is 6.80. The van der Waals surface area contributed by atoms with Gasteiger partial charge in [-0.25, -0.2) is 0 Å². The van der Waals surface area contributed by atoms with Gasteiger partial charge in [0.1, 0.15) is 17.2 Å². The Hall–Kier alpha value is -3.55. The van der Waals surface area contributed by atoms with Crippen LogP contribution in [-0.4, -0.2) is 36.4 Å². The summed E-state index contributed by atoms with van der Waals surface area (Å²) in [7, 11) is 3.13. The van der Waals surface area contributed by atoms with Gasteiger partial charge in [0.05, 0.1) is 26.3 Å². The second kappa shape index (κ2) is 9.30. The van der Waals surface area contributed by atoms with Crippen LogP contribution in [0.3, 0.4) is 0 Å². The van der Waals surface area contributed by atoms with Crippen molar-refractivity contribution in [2.24, 2.45) is 0 Å². The Morgan fingerprint density at radius 3 is 2.53 bits per heavy atom. The fourth-order valence-electron chi connectivity index (χ4n) is 2.77. The fourth-order valence-corrected chi connectivity index (χ4v) is 2.77. The summed E-state index contributed by atoms with van der Waals surface area (Å²) in [6.07, 6.45) is -0.670. The Labute approximate surface area is 175 Å². The highest BCUT2D eigenvalue weighted by Crippen LogP contribution is 2.31. The first-order valence-corrected chi connectivity index (χ1v) is 9.48. The summed E-state index contributed by atoms with van der Waals surface area (Å²) in [5, 5.41) is 6.71. The predicted molar refractivity (Wildman–Crippen MR) is 111 cm³/mol. The number of rotatable bonds is 8. The maximum atomic E-state index is 12.4. The third-order valence-electron chi connectivity index (χ3n) is 4.69. The average molecular weight is 411 g/mol. The van der Waals surface area contributed by atoms with E-state index in [4.69, 9.17) is 18.7 Å². The Morgan fingerprint density at radius 1 is 1.07 bits per heavy atom. The van der Waals surface area contributed by atoms with Gasteiger partial charge in [-0.15, -0.1) is 0 Å². The van der Waals surface area contributed by atoms with Gasteiger partial charge < -0.3 is 24.1 Å². The minimum absolute atomic E-state index is 0.0882. The lowest BCUT2D eigenvalue weighted by Crippen LogP contribution is -2.36. The smallest absolute Gasteiger partial charge is 0.261 e. The minimum atomic E-state index is -0.670. The molecule has 1 aromatic heterocycles. The van der Waals surface area contributed by atoms with Gasteiger partial charge in [0, 0.05) is 6.07 Å². The van der Waals surface area contributed by atoms with Crippen LogP contribution in [0.25, 0.3) is 11.4 Å². The van der Waals surface area contributed by atoms with Crippen LogP contribution in [0.4, 0.5) is 0 Å². The van der Waals surface area contributed by atoms with Crippen molar-refractivity contribution >= 4 is 5.91 Å². The number of carbonyl (C=O) groups excluding carboxylic acids is 1. The second-order valence-electron chi connectivity index (χ2n) is 6.80. The van der Waals surface area contributed by atoms with Gasteiger partial charge in [0.15, 0.2) is 6.10 Å². The first kappa shape index (κ1) is 21.2. The zero-order valence-electron chi connectivity index (χ0n) is 17.7. The molecule has 1 heterocycles. The molecule has 0 aliphatic carbocycles. The molecule has 0 radical (unpaired) electrons. The monoisotopic (exact) mass is 411 g/mol. The molecule has 8 nitrogen and oxygen atoms in total. The highest BCUT2D eigenvalue weighted by molar-refractivity contribution is 5.80. The van der Waals surface area contributed by atoms with Crippen LogP contribution < -0.4 is 19.5 Å². The Balaban J connectivity index is 1.61. The molecule has 2 aromatic carbocycles. The average Bonchev–Trinajstić information content (AvgIpc) is 3.22. The number of carbonyl (C=O) groups is 1.